The topological polar surface area (TPSA) is 120 Å². The molecule has 7 nitrogen and oxygen atoms in total. The van der Waals surface area contributed by atoms with Crippen molar-refractivity contribution in [3.8, 4) is 0 Å². The fourth-order valence-electron chi connectivity index (χ4n) is 2.00. The molecule has 0 unspecified atom stereocenters. The number of nitrogens with one attached hydrogen (secondary N) is 2. The quantitative estimate of drug-likeness (QED) is 0.476. The lowest BCUT2D eigenvalue weighted by Gasteiger charge is -2.21. The van der Waals surface area contributed by atoms with Crippen molar-refractivity contribution in [3.63, 3.8) is 0 Å². The molecule has 0 aromatic carbocycles. The smallest absolute Gasteiger partial charge is 0.151 e. The Morgan fingerprint density at radius 1 is 1.50 bits per heavy atom. The summed E-state index contributed by atoms with van der Waals surface area (Å²) in [4.78, 5) is 11.1. The van der Waals surface area contributed by atoms with E-state index in [9.17, 15) is 10.2 Å². The summed E-state index contributed by atoms with van der Waals surface area (Å²) >= 11 is 1.54. The van der Waals surface area contributed by atoms with Crippen LogP contribution in [-0.2, 0) is 6.54 Å². The van der Waals surface area contributed by atoms with Gasteiger partial charge in [-0.25, -0.2) is 9.97 Å². The summed E-state index contributed by atoms with van der Waals surface area (Å²) in [6.07, 6.45) is 4.54. The highest BCUT2D eigenvalue weighted by molar-refractivity contribution is 7.98. The molecule has 2 atom stereocenters. The van der Waals surface area contributed by atoms with Gasteiger partial charge >= 0.3 is 0 Å². The Bertz CT molecular complexity index is 562. The highest BCUT2D eigenvalue weighted by Crippen LogP contribution is 2.19. The number of anilines is 1. The van der Waals surface area contributed by atoms with Crippen molar-refractivity contribution >= 4 is 28.6 Å². The van der Waals surface area contributed by atoms with Gasteiger partial charge in [0.05, 0.1) is 24.3 Å². The predicted octanol–water partition coefficient (Wildman–Crippen LogP) is -0.286. The summed E-state index contributed by atoms with van der Waals surface area (Å²) in [6.45, 7) is 0.355. The number of hydrogen-bond acceptors (Lipinski definition) is 7. The molecule has 0 radical (unpaired) electrons. The number of rotatable bonds is 7. The van der Waals surface area contributed by atoms with Gasteiger partial charge in [0.1, 0.15) is 11.8 Å². The van der Waals surface area contributed by atoms with Gasteiger partial charge in [-0.2, -0.15) is 11.8 Å². The molecular formula is C12H19N5O2S. The molecule has 0 bridgehead atoms. The molecule has 0 fully saturated rings. The van der Waals surface area contributed by atoms with Crippen LogP contribution < -0.4 is 11.1 Å². The predicted molar refractivity (Wildman–Crippen MR) is 80.4 cm³/mol. The number of H-pyrrole nitrogens is 1. The molecule has 0 aliphatic rings. The molecule has 2 rings (SSSR count). The average molecular weight is 297 g/mol. The molecule has 0 amide bonds. The zero-order valence-corrected chi connectivity index (χ0v) is 12.0. The average Bonchev–Trinajstić information content (AvgIpc) is 2.85. The highest BCUT2D eigenvalue weighted by atomic mass is 32.2. The van der Waals surface area contributed by atoms with Crippen LogP contribution in [-0.4, -0.2) is 55.9 Å². The van der Waals surface area contributed by atoms with E-state index < -0.39 is 6.10 Å². The lowest BCUT2D eigenvalue weighted by molar-refractivity contribution is 0.106. The van der Waals surface area contributed by atoms with Crippen LogP contribution in [0.1, 0.15) is 5.56 Å². The molecule has 2 aromatic rings. The first-order valence-electron chi connectivity index (χ1n) is 6.25. The SMILES string of the molecule is CSC[C@@H](O)[C@@H](CO)NCc1c[nH]c2c(N)ncnc12. The zero-order chi connectivity index (χ0) is 14.5. The van der Waals surface area contributed by atoms with Gasteiger partial charge in [-0.3, -0.25) is 0 Å². The number of aromatic nitrogens is 3. The Hall–Kier alpha value is -1.35. The van der Waals surface area contributed by atoms with Crippen molar-refractivity contribution in [2.24, 2.45) is 0 Å². The minimum absolute atomic E-state index is 0.124. The van der Waals surface area contributed by atoms with Crippen LogP contribution in [0.25, 0.3) is 11.0 Å². The third-order valence-electron chi connectivity index (χ3n) is 3.12. The summed E-state index contributed by atoms with van der Waals surface area (Å²) in [7, 11) is 0. The van der Waals surface area contributed by atoms with E-state index in [0.717, 1.165) is 11.1 Å². The summed E-state index contributed by atoms with van der Waals surface area (Å²) in [5.74, 6) is 0.976. The summed E-state index contributed by atoms with van der Waals surface area (Å²) in [5.41, 5.74) is 8.13. The van der Waals surface area contributed by atoms with Gasteiger partial charge in [-0.05, 0) is 6.26 Å². The number of fused-ring (bicyclic) bond motifs is 1. The summed E-state index contributed by atoms with van der Waals surface area (Å²) in [5, 5.41) is 22.4. The first-order valence-corrected chi connectivity index (χ1v) is 7.64. The second-order valence-corrected chi connectivity index (χ2v) is 5.40. The van der Waals surface area contributed by atoms with Crippen molar-refractivity contribution in [3.05, 3.63) is 18.1 Å². The van der Waals surface area contributed by atoms with Crippen LogP contribution in [0, 0.1) is 0 Å². The maximum absolute atomic E-state index is 9.90. The van der Waals surface area contributed by atoms with E-state index >= 15 is 0 Å². The Morgan fingerprint density at radius 3 is 3.00 bits per heavy atom. The van der Waals surface area contributed by atoms with Crippen LogP contribution in [0.4, 0.5) is 5.82 Å². The van der Waals surface area contributed by atoms with Crippen molar-refractivity contribution in [2.75, 3.05) is 24.3 Å². The van der Waals surface area contributed by atoms with Crippen LogP contribution in [0.15, 0.2) is 12.5 Å². The van der Waals surface area contributed by atoms with Gasteiger partial charge in [0.25, 0.3) is 0 Å². The zero-order valence-electron chi connectivity index (χ0n) is 11.2. The van der Waals surface area contributed by atoms with Crippen LogP contribution in [0.3, 0.4) is 0 Å². The van der Waals surface area contributed by atoms with Crippen molar-refractivity contribution in [1.82, 2.24) is 20.3 Å². The highest BCUT2D eigenvalue weighted by Gasteiger charge is 2.18. The van der Waals surface area contributed by atoms with Gasteiger partial charge in [-0.15, -0.1) is 0 Å². The molecule has 20 heavy (non-hydrogen) atoms. The Labute approximate surface area is 121 Å². The summed E-state index contributed by atoms with van der Waals surface area (Å²) < 4.78 is 0. The van der Waals surface area contributed by atoms with Crippen molar-refractivity contribution < 1.29 is 10.2 Å². The maximum Gasteiger partial charge on any atom is 0.151 e. The molecule has 6 N–H and O–H groups in total. The number of thioether (sulfide) groups is 1. The Kier molecular flexibility index (Phi) is 5.18. The second-order valence-electron chi connectivity index (χ2n) is 4.49. The van der Waals surface area contributed by atoms with Crippen molar-refractivity contribution in [1.29, 1.82) is 0 Å². The van der Waals surface area contributed by atoms with Gasteiger partial charge in [0.15, 0.2) is 5.82 Å². The van der Waals surface area contributed by atoms with Gasteiger partial charge in [0, 0.05) is 24.1 Å². The van der Waals surface area contributed by atoms with Gasteiger partial charge < -0.3 is 26.2 Å². The number of nitrogens with two attached hydrogens (primary N) is 1. The number of hydrogen-bond donors (Lipinski definition) is 5. The second kappa shape index (κ2) is 6.89. The molecule has 0 aliphatic carbocycles. The Morgan fingerprint density at radius 2 is 2.30 bits per heavy atom. The van der Waals surface area contributed by atoms with E-state index in [1.54, 1.807) is 6.20 Å². The molecule has 0 saturated heterocycles. The van der Waals surface area contributed by atoms with Crippen LogP contribution in [0.2, 0.25) is 0 Å². The molecule has 2 heterocycles. The summed E-state index contributed by atoms with van der Waals surface area (Å²) in [6, 6.07) is -0.369. The largest absolute Gasteiger partial charge is 0.395 e. The lowest BCUT2D eigenvalue weighted by Crippen LogP contribution is -2.43. The number of nitrogens with zero attached hydrogens (tertiary/aromatic N) is 2. The number of aliphatic hydroxyl groups excluding tert-OH is 2. The van der Waals surface area contributed by atoms with E-state index in [0.29, 0.717) is 23.6 Å². The van der Waals surface area contributed by atoms with E-state index in [4.69, 9.17) is 5.73 Å². The molecule has 110 valence electrons. The number of aliphatic hydroxyl groups is 2. The van der Waals surface area contributed by atoms with E-state index in [1.807, 2.05) is 6.26 Å². The molecule has 0 aliphatic heterocycles. The maximum atomic E-state index is 9.90. The molecule has 2 aromatic heterocycles. The standard InChI is InChI=1S/C12H19N5O2S/c1-20-5-9(19)8(4-18)14-2-7-3-15-11-10(7)16-6-17-12(11)13/h3,6,8-9,14-15,18-19H,2,4-5H2,1H3,(H2,13,16,17)/t8-,9-/m1/s1. The first-order chi connectivity index (χ1) is 9.67. The third kappa shape index (κ3) is 3.21. The molecule has 0 spiro atoms. The van der Waals surface area contributed by atoms with E-state index in [1.165, 1.54) is 18.1 Å². The molecular weight excluding hydrogens is 278 g/mol. The Balaban J connectivity index is 2.07. The molecule has 8 heteroatoms. The van der Waals surface area contributed by atoms with Crippen molar-refractivity contribution in [2.45, 2.75) is 18.7 Å². The lowest BCUT2D eigenvalue weighted by atomic mass is 10.2. The number of aromatic amines is 1. The van der Waals surface area contributed by atoms with Crippen LogP contribution >= 0.6 is 11.8 Å². The monoisotopic (exact) mass is 297 g/mol. The fourth-order valence-corrected chi connectivity index (χ4v) is 2.57. The van der Waals surface area contributed by atoms with E-state index in [2.05, 4.69) is 20.3 Å². The fraction of sp³-hybridized carbons (Fsp3) is 0.500. The van der Waals surface area contributed by atoms with E-state index in [-0.39, 0.29) is 12.6 Å². The van der Waals surface area contributed by atoms with Crippen LogP contribution in [0.5, 0.6) is 0 Å². The third-order valence-corrected chi connectivity index (χ3v) is 3.80. The normalized spacial score (nSPS) is 14.6. The minimum atomic E-state index is -0.597. The first kappa shape index (κ1) is 15.0. The van der Waals surface area contributed by atoms with Gasteiger partial charge in [0.2, 0.25) is 0 Å². The minimum Gasteiger partial charge on any atom is -0.395 e. The molecule has 0 saturated carbocycles. The van der Waals surface area contributed by atoms with Gasteiger partial charge in [-0.1, -0.05) is 0 Å². The number of nitrogen functional groups attached to an aromatic ring is 1.